The summed E-state index contributed by atoms with van der Waals surface area (Å²) in [5.74, 6) is 0. The van der Waals surface area contributed by atoms with Gasteiger partial charge < -0.3 is 14.3 Å². The maximum Gasteiger partial charge on any atom is 0.192 e. The number of aliphatic hydroxyl groups excluding tert-OH is 1. The summed E-state index contributed by atoms with van der Waals surface area (Å²) in [7, 11) is -1.73. The molecule has 3 nitrogen and oxygen atoms in total. The van der Waals surface area contributed by atoms with Crippen molar-refractivity contribution in [1.82, 2.24) is 0 Å². The number of hydrogen-bond acceptors (Lipinski definition) is 3. The van der Waals surface area contributed by atoms with E-state index in [2.05, 4.69) is 33.9 Å². The fourth-order valence-electron chi connectivity index (χ4n) is 1.25. The molecule has 0 unspecified atom stereocenters. The van der Waals surface area contributed by atoms with Gasteiger partial charge in [-0.15, -0.1) is 0 Å². The number of ether oxygens (including phenoxy) is 1. The van der Waals surface area contributed by atoms with E-state index in [-0.39, 0.29) is 11.1 Å². The van der Waals surface area contributed by atoms with Crippen LogP contribution in [0.1, 0.15) is 20.8 Å². The zero-order valence-electron chi connectivity index (χ0n) is 11.0. The van der Waals surface area contributed by atoms with E-state index in [4.69, 9.17) is 9.16 Å². The van der Waals surface area contributed by atoms with Crippen LogP contribution in [0.15, 0.2) is 12.2 Å². The van der Waals surface area contributed by atoms with E-state index in [9.17, 15) is 5.11 Å². The molecule has 16 heavy (non-hydrogen) atoms. The van der Waals surface area contributed by atoms with Gasteiger partial charge in [-0.2, -0.15) is 0 Å². The normalized spacial score (nSPS) is 27.1. The van der Waals surface area contributed by atoms with Gasteiger partial charge in [-0.25, -0.2) is 0 Å². The highest BCUT2D eigenvalue weighted by Gasteiger charge is 2.38. The fraction of sp³-hybridized carbons (Fsp3) is 0.833. The van der Waals surface area contributed by atoms with Crippen molar-refractivity contribution in [2.75, 3.05) is 13.2 Å². The molecule has 1 N–H and O–H groups in total. The predicted molar refractivity (Wildman–Crippen MR) is 68.0 cm³/mol. The molecule has 0 bridgehead atoms. The van der Waals surface area contributed by atoms with E-state index < -0.39 is 14.4 Å². The molecule has 1 rings (SSSR count). The van der Waals surface area contributed by atoms with E-state index >= 15 is 0 Å². The Hall–Kier alpha value is -0.163. The highest BCUT2D eigenvalue weighted by molar-refractivity contribution is 6.74. The second-order valence-corrected chi connectivity index (χ2v) is 10.7. The summed E-state index contributed by atoms with van der Waals surface area (Å²) in [6, 6.07) is 0. The Bertz CT molecular complexity index is 255. The third-order valence-electron chi connectivity index (χ3n) is 3.54. The van der Waals surface area contributed by atoms with Gasteiger partial charge in [-0.1, -0.05) is 32.9 Å². The third-order valence-corrected chi connectivity index (χ3v) is 8.04. The summed E-state index contributed by atoms with van der Waals surface area (Å²) in [6.07, 6.45) is 2.88. The molecule has 0 saturated carbocycles. The average molecular weight is 244 g/mol. The van der Waals surface area contributed by atoms with Gasteiger partial charge in [0, 0.05) is 0 Å². The van der Waals surface area contributed by atoms with Gasteiger partial charge in [0.25, 0.3) is 0 Å². The van der Waals surface area contributed by atoms with Gasteiger partial charge in [0.2, 0.25) is 0 Å². The van der Waals surface area contributed by atoms with Gasteiger partial charge in [0.05, 0.1) is 13.2 Å². The molecule has 0 amide bonds. The average Bonchev–Trinajstić information content (AvgIpc) is 2.15. The molecule has 1 aliphatic rings. The first kappa shape index (κ1) is 13.9. The minimum Gasteiger partial charge on any atom is -0.414 e. The zero-order chi connectivity index (χ0) is 12.4. The standard InChI is InChI=1S/C12H24O3Si/c1-12(2,3)16(4,5)15-9-11-10(13)7-6-8-14-11/h6-7,10-11,13H,8-9H2,1-5H3/t10-,11-/m1/s1. The molecule has 0 saturated heterocycles. The van der Waals surface area contributed by atoms with E-state index in [1.54, 1.807) is 6.08 Å². The Kier molecular flexibility index (Phi) is 4.34. The molecule has 0 radical (unpaired) electrons. The summed E-state index contributed by atoms with van der Waals surface area (Å²) in [5.41, 5.74) is 0. The van der Waals surface area contributed by atoms with Gasteiger partial charge in [0.1, 0.15) is 12.2 Å². The van der Waals surface area contributed by atoms with Gasteiger partial charge in [-0.05, 0) is 18.1 Å². The quantitative estimate of drug-likeness (QED) is 0.612. The zero-order valence-corrected chi connectivity index (χ0v) is 12.0. The largest absolute Gasteiger partial charge is 0.414 e. The molecule has 94 valence electrons. The molecule has 0 fully saturated rings. The lowest BCUT2D eigenvalue weighted by atomic mass is 10.2. The summed E-state index contributed by atoms with van der Waals surface area (Å²) < 4.78 is 11.5. The minimum atomic E-state index is -1.73. The molecular formula is C12H24O3Si. The molecule has 4 heteroatoms. The summed E-state index contributed by atoms with van der Waals surface area (Å²) >= 11 is 0. The topological polar surface area (TPSA) is 38.7 Å². The smallest absolute Gasteiger partial charge is 0.192 e. The lowest BCUT2D eigenvalue weighted by molar-refractivity contribution is -0.0412. The predicted octanol–water partition coefficient (Wildman–Crippen LogP) is 2.32. The van der Waals surface area contributed by atoms with Crippen molar-refractivity contribution in [3.63, 3.8) is 0 Å². The second kappa shape index (κ2) is 5.00. The van der Waals surface area contributed by atoms with Crippen molar-refractivity contribution in [2.24, 2.45) is 0 Å². The minimum absolute atomic E-state index is 0.197. The Morgan fingerprint density at radius 2 is 2.06 bits per heavy atom. The van der Waals surface area contributed by atoms with Crippen molar-refractivity contribution in [2.45, 2.75) is 51.1 Å². The first-order chi connectivity index (χ1) is 7.24. The first-order valence-corrected chi connectivity index (χ1v) is 8.75. The molecule has 2 atom stereocenters. The van der Waals surface area contributed by atoms with Crippen LogP contribution >= 0.6 is 0 Å². The van der Waals surface area contributed by atoms with Crippen LogP contribution in [0.3, 0.4) is 0 Å². The molecule has 0 aromatic heterocycles. The lowest BCUT2D eigenvalue weighted by Gasteiger charge is -2.38. The molecule has 0 spiro atoms. The van der Waals surface area contributed by atoms with E-state index in [1.807, 2.05) is 6.08 Å². The van der Waals surface area contributed by atoms with Crippen molar-refractivity contribution in [3.8, 4) is 0 Å². The van der Waals surface area contributed by atoms with Crippen molar-refractivity contribution >= 4 is 8.32 Å². The maximum absolute atomic E-state index is 9.69. The molecule has 1 aliphatic heterocycles. The van der Waals surface area contributed by atoms with Crippen LogP contribution in [0.25, 0.3) is 0 Å². The lowest BCUT2D eigenvalue weighted by Crippen LogP contribution is -2.45. The summed E-state index contributed by atoms with van der Waals surface area (Å²) in [6.45, 7) is 12.1. The SMILES string of the molecule is CC(C)(C)[Si](C)(C)OC[C@H]1OCC=C[C@H]1O. The summed E-state index contributed by atoms with van der Waals surface area (Å²) in [4.78, 5) is 0. The van der Waals surface area contributed by atoms with Crippen LogP contribution in [0.4, 0.5) is 0 Å². The molecule has 0 aliphatic carbocycles. The van der Waals surface area contributed by atoms with E-state index in [0.717, 1.165) is 0 Å². The Morgan fingerprint density at radius 1 is 1.44 bits per heavy atom. The van der Waals surface area contributed by atoms with Gasteiger partial charge in [-0.3, -0.25) is 0 Å². The van der Waals surface area contributed by atoms with E-state index in [1.165, 1.54) is 0 Å². The highest BCUT2D eigenvalue weighted by Crippen LogP contribution is 2.36. The number of rotatable bonds is 3. The third kappa shape index (κ3) is 3.42. The maximum atomic E-state index is 9.69. The van der Waals surface area contributed by atoms with Crippen LogP contribution < -0.4 is 0 Å². The second-order valence-electron chi connectivity index (χ2n) is 5.86. The Labute approximate surface area is 99.6 Å². The van der Waals surface area contributed by atoms with Crippen LogP contribution in [-0.4, -0.2) is 38.8 Å². The van der Waals surface area contributed by atoms with Crippen molar-refractivity contribution in [3.05, 3.63) is 12.2 Å². The Balaban J connectivity index is 2.48. The van der Waals surface area contributed by atoms with Gasteiger partial charge >= 0.3 is 0 Å². The molecule has 1 heterocycles. The van der Waals surface area contributed by atoms with E-state index in [0.29, 0.717) is 13.2 Å². The fourth-order valence-corrected chi connectivity index (χ4v) is 2.26. The summed E-state index contributed by atoms with van der Waals surface area (Å²) in [5, 5.41) is 9.89. The molecular weight excluding hydrogens is 220 g/mol. The van der Waals surface area contributed by atoms with Crippen LogP contribution in [0, 0.1) is 0 Å². The molecule has 0 aromatic carbocycles. The van der Waals surface area contributed by atoms with Crippen LogP contribution in [-0.2, 0) is 9.16 Å². The van der Waals surface area contributed by atoms with Crippen molar-refractivity contribution < 1.29 is 14.3 Å². The number of aliphatic hydroxyl groups is 1. The van der Waals surface area contributed by atoms with Gasteiger partial charge in [0.15, 0.2) is 8.32 Å². The Morgan fingerprint density at radius 3 is 2.56 bits per heavy atom. The molecule has 0 aromatic rings. The van der Waals surface area contributed by atoms with Crippen LogP contribution in [0.5, 0.6) is 0 Å². The van der Waals surface area contributed by atoms with Crippen molar-refractivity contribution in [1.29, 1.82) is 0 Å². The highest BCUT2D eigenvalue weighted by atomic mass is 28.4. The number of hydrogen-bond donors (Lipinski definition) is 1. The van der Waals surface area contributed by atoms with Crippen LogP contribution in [0.2, 0.25) is 18.1 Å². The monoisotopic (exact) mass is 244 g/mol. The first-order valence-electron chi connectivity index (χ1n) is 5.84.